The summed E-state index contributed by atoms with van der Waals surface area (Å²) in [4.78, 5) is 21.3. The van der Waals surface area contributed by atoms with Crippen LogP contribution in [0.1, 0.15) is 49.9 Å². The van der Waals surface area contributed by atoms with Gasteiger partial charge in [-0.25, -0.2) is 14.8 Å². The summed E-state index contributed by atoms with van der Waals surface area (Å²) in [6.45, 7) is 7.51. The second-order valence-corrected chi connectivity index (χ2v) is 9.79. The van der Waals surface area contributed by atoms with Crippen LogP contribution in [0.15, 0.2) is 37.2 Å². The number of pyridine rings is 1. The Morgan fingerprint density at radius 1 is 1.11 bits per heavy atom. The van der Waals surface area contributed by atoms with Crippen LogP contribution in [0, 0.1) is 0 Å². The maximum atomic E-state index is 10.6. The summed E-state index contributed by atoms with van der Waals surface area (Å²) in [5.74, 6) is -2.30. The fourth-order valence-corrected chi connectivity index (χ4v) is 4.61. The first kappa shape index (κ1) is 27.3. The van der Waals surface area contributed by atoms with E-state index in [0.29, 0.717) is 12.0 Å². The van der Waals surface area contributed by atoms with Gasteiger partial charge in [0, 0.05) is 61.8 Å². The Morgan fingerprint density at radius 2 is 1.74 bits per heavy atom. The monoisotopic (exact) mass is 532 g/mol. The van der Waals surface area contributed by atoms with Gasteiger partial charge in [0.25, 0.3) is 0 Å². The Hall–Kier alpha value is -3.74. The van der Waals surface area contributed by atoms with Gasteiger partial charge in [-0.15, -0.1) is 0 Å². The third-order valence-electron chi connectivity index (χ3n) is 6.53. The number of alkyl halides is 3. The summed E-state index contributed by atoms with van der Waals surface area (Å²) in [7, 11) is 3.91. The number of aryl methyl sites for hydroxylation is 2. The van der Waals surface area contributed by atoms with E-state index in [9.17, 15) is 13.2 Å². The summed E-state index contributed by atoms with van der Waals surface area (Å²) in [6, 6.07) is 2.62. The van der Waals surface area contributed by atoms with E-state index in [0.717, 1.165) is 54.8 Å². The third-order valence-corrected chi connectivity index (χ3v) is 6.53. The van der Waals surface area contributed by atoms with E-state index >= 15 is 0 Å². The Balaban J connectivity index is 0.000000426. The first-order chi connectivity index (χ1) is 17.9. The van der Waals surface area contributed by atoms with Gasteiger partial charge in [0.15, 0.2) is 0 Å². The highest BCUT2D eigenvalue weighted by Crippen LogP contribution is 2.34. The molecule has 0 amide bonds. The van der Waals surface area contributed by atoms with Crippen LogP contribution in [0.5, 0.6) is 0 Å². The fraction of sp³-hybridized carbons (Fsp3) is 0.480. The topological polar surface area (TPSA) is 107 Å². The van der Waals surface area contributed by atoms with E-state index < -0.39 is 12.1 Å². The van der Waals surface area contributed by atoms with Crippen molar-refractivity contribution in [2.24, 2.45) is 14.1 Å². The quantitative estimate of drug-likeness (QED) is 0.411. The molecule has 4 aromatic rings. The van der Waals surface area contributed by atoms with Crippen LogP contribution in [0.3, 0.4) is 0 Å². The SMILES string of the molecule is CC(C)n1cnc2c(-c3cnn(C)c3)nc(C3CCN(Cc4cnn(C)c4)CC3)cc21.O=C(O)C(F)(F)F. The molecule has 0 bridgehead atoms. The lowest BCUT2D eigenvalue weighted by Crippen LogP contribution is -2.32. The number of carbonyl (C=O) groups is 1. The van der Waals surface area contributed by atoms with Crippen LogP contribution in [-0.4, -0.2) is 69.3 Å². The minimum Gasteiger partial charge on any atom is -0.475 e. The van der Waals surface area contributed by atoms with E-state index in [-0.39, 0.29) is 0 Å². The minimum atomic E-state index is -5.08. The Morgan fingerprint density at radius 3 is 2.26 bits per heavy atom. The number of aromatic nitrogens is 7. The first-order valence-electron chi connectivity index (χ1n) is 12.3. The molecule has 1 N–H and O–H groups in total. The third kappa shape index (κ3) is 6.21. The predicted octanol–water partition coefficient (Wildman–Crippen LogP) is 4.16. The van der Waals surface area contributed by atoms with Gasteiger partial charge in [-0.3, -0.25) is 14.3 Å². The molecule has 0 aromatic carbocycles. The summed E-state index contributed by atoms with van der Waals surface area (Å²) >= 11 is 0. The number of likely N-dealkylation sites (tertiary alicyclic amines) is 1. The lowest BCUT2D eigenvalue weighted by atomic mass is 9.92. The van der Waals surface area contributed by atoms with Gasteiger partial charge in [-0.1, -0.05) is 0 Å². The molecule has 1 aliphatic rings. The van der Waals surface area contributed by atoms with Crippen molar-refractivity contribution in [3.05, 3.63) is 48.4 Å². The van der Waals surface area contributed by atoms with Crippen LogP contribution < -0.4 is 0 Å². The fourth-order valence-electron chi connectivity index (χ4n) is 4.61. The predicted molar refractivity (Wildman–Crippen MR) is 134 cm³/mol. The summed E-state index contributed by atoms with van der Waals surface area (Å²) < 4.78 is 37.7. The van der Waals surface area contributed by atoms with Crippen molar-refractivity contribution in [2.45, 2.75) is 51.4 Å². The van der Waals surface area contributed by atoms with Gasteiger partial charge >= 0.3 is 12.1 Å². The van der Waals surface area contributed by atoms with Crippen LogP contribution in [0.25, 0.3) is 22.3 Å². The highest BCUT2D eigenvalue weighted by atomic mass is 19.4. The molecule has 1 aliphatic heterocycles. The number of fused-ring (bicyclic) bond motifs is 1. The van der Waals surface area contributed by atoms with Gasteiger partial charge < -0.3 is 9.67 Å². The standard InChI is InChI=1S/C23H30N8.C2HF3O2/c1-16(2)31-15-24-23-21(31)9-20(27-22(23)19-11-26-29(4)14-19)18-5-7-30(8-6-18)13-17-10-25-28(3)12-17;3-2(4,5)1(6)7/h9-12,14-16,18H,5-8,13H2,1-4H3;(H,6,7). The van der Waals surface area contributed by atoms with E-state index in [2.05, 4.69) is 45.8 Å². The van der Waals surface area contributed by atoms with Crippen LogP contribution in [0.2, 0.25) is 0 Å². The number of carboxylic acid groups (broad SMARTS) is 1. The van der Waals surface area contributed by atoms with E-state index in [1.165, 1.54) is 11.3 Å². The molecule has 0 saturated carbocycles. The zero-order valence-corrected chi connectivity index (χ0v) is 21.7. The van der Waals surface area contributed by atoms with Crippen molar-refractivity contribution in [3.8, 4) is 11.3 Å². The van der Waals surface area contributed by atoms with Gasteiger partial charge in [0.1, 0.15) is 11.2 Å². The van der Waals surface area contributed by atoms with Crippen LogP contribution in [0.4, 0.5) is 13.2 Å². The van der Waals surface area contributed by atoms with Crippen molar-refractivity contribution < 1.29 is 23.1 Å². The van der Waals surface area contributed by atoms with Gasteiger partial charge in [0.2, 0.25) is 0 Å². The number of carboxylic acids is 1. The number of aliphatic carboxylic acids is 1. The number of imidazole rings is 1. The highest BCUT2D eigenvalue weighted by Gasteiger charge is 2.38. The smallest absolute Gasteiger partial charge is 0.475 e. The molecule has 0 unspecified atom stereocenters. The number of piperidine rings is 1. The molecule has 1 fully saturated rings. The zero-order chi connectivity index (χ0) is 27.6. The maximum absolute atomic E-state index is 10.6. The molecule has 0 spiro atoms. The van der Waals surface area contributed by atoms with E-state index in [4.69, 9.17) is 19.9 Å². The molecule has 0 radical (unpaired) electrons. The molecule has 1 saturated heterocycles. The summed E-state index contributed by atoms with van der Waals surface area (Å²) in [6.07, 6.45) is 7.07. The molecular weight excluding hydrogens is 501 g/mol. The van der Waals surface area contributed by atoms with Crippen molar-refractivity contribution in [2.75, 3.05) is 13.1 Å². The Labute approximate surface area is 217 Å². The Kier molecular flexibility index (Phi) is 7.86. The van der Waals surface area contributed by atoms with Crippen molar-refractivity contribution >= 4 is 17.0 Å². The molecule has 4 aromatic heterocycles. The van der Waals surface area contributed by atoms with Crippen molar-refractivity contribution in [1.29, 1.82) is 0 Å². The van der Waals surface area contributed by atoms with E-state index in [1.54, 1.807) is 0 Å². The van der Waals surface area contributed by atoms with Gasteiger partial charge in [-0.05, 0) is 45.8 Å². The van der Waals surface area contributed by atoms with Crippen LogP contribution in [-0.2, 0) is 25.4 Å². The lowest BCUT2D eigenvalue weighted by molar-refractivity contribution is -0.192. The normalized spacial score (nSPS) is 15.2. The van der Waals surface area contributed by atoms with Gasteiger partial charge in [0.05, 0.1) is 24.2 Å². The largest absolute Gasteiger partial charge is 0.490 e. The lowest BCUT2D eigenvalue weighted by Gasteiger charge is -2.31. The zero-order valence-electron chi connectivity index (χ0n) is 21.7. The molecule has 0 aliphatic carbocycles. The molecular formula is C25H31F3N8O2. The maximum Gasteiger partial charge on any atom is 0.490 e. The molecule has 10 nitrogen and oxygen atoms in total. The number of rotatable bonds is 5. The molecule has 13 heteroatoms. The summed E-state index contributed by atoms with van der Waals surface area (Å²) in [5, 5.41) is 15.8. The van der Waals surface area contributed by atoms with E-state index in [1.807, 2.05) is 48.4 Å². The summed E-state index contributed by atoms with van der Waals surface area (Å²) in [5.41, 5.74) is 6.54. The molecule has 0 atom stereocenters. The molecule has 204 valence electrons. The van der Waals surface area contributed by atoms with Crippen molar-refractivity contribution in [3.63, 3.8) is 0 Å². The molecule has 5 heterocycles. The average Bonchev–Trinajstić information content (AvgIpc) is 3.58. The number of nitrogens with zero attached hydrogens (tertiary/aromatic N) is 8. The first-order valence-corrected chi connectivity index (χ1v) is 12.3. The Bertz CT molecular complexity index is 1400. The average molecular weight is 533 g/mol. The number of hydrogen-bond acceptors (Lipinski definition) is 6. The highest BCUT2D eigenvalue weighted by molar-refractivity contribution is 5.90. The second kappa shape index (κ2) is 10.9. The molecule has 5 rings (SSSR count). The second-order valence-electron chi connectivity index (χ2n) is 9.79. The van der Waals surface area contributed by atoms with Gasteiger partial charge in [-0.2, -0.15) is 23.4 Å². The minimum absolute atomic E-state index is 0.350. The van der Waals surface area contributed by atoms with Crippen molar-refractivity contribution in [1.82, 2.24) is 39.0 Å². The van der Waals surface area contributed by atoms with Crippen LogP contribution >= 0.6 is 0 Å². The molecule has 38 heavy (non-hydrogen) atoms. The number of halogens is 3. The number of hydrogen-bond donors (Lipinski definition) is 1.